The summed E-state index contributed by atoms with van der Waals surface area (Å²) in [5.41, 5.74) is 7.69. The largest absolute Gasteiger partial charge is 0.337 e. The average Bonchev–Trinajstić information content (AvgIpc) is 2.63. The number of rotatable bonds is 3. The summed E-state index contributed by atoms with van der Waals surface area (Å²) in [7, 11) is 2.00. The van der Waals surface area contributed by atoms with Crippen LogP contribution in [0.3, 0.4) is 0 Å². The van der Waals surface area contributed by atoms with Crippen LogP contribution in [0.2, 0.25) is 0 Å². The Morgan fingerprint density at radius 3 is 2.67 bits per heavy atom. The molecule has 0 fully saturated rings. The van der Waals surface area contributed by atoms with Gasteiger partial charge in [0.2, 0.25) is 0 Å². The molecule has 0 atom stereocenters. The predicted octanol–water partition coefficient (Wildman–Crippen LogP) is 1.59. The van der Waals surface area contributed by atoms with Gasteiger partial charge in [-0.15, -0.1) is 0 Å². The minimum absolute atomic E-state index is 0.638. The van der Waals surface area contributed by atoms with Gasteiger partial charge in [-0.2, -0.15) is 0 Å². The van der Waals surface area contributed by atoms with E-state index in [-0.39, 0.29) is 0 Å². The lowest BCUT2D eigenvalue weighted by Crippen LogP contribution is -2.07. The summed E-state index contributed by atoms with van der Waals surface area (Å²) in [6.07, 6.45) is 2.86. The fraction of sp³-hybridized carbons (Fsp3) is 0.250. The van der Waals surface area contributed by atoms with Crippen molar-refractivity contribution in [2.75, 3.05) is 6.54 Å². The fourth-order valence-electron chi connectivity index (χ4n) is 1.61. The van der Waals surface area contributed by atoms with Gasteiger partial charge in [0.05, 0.1) is 5.69 Å². The van der Waals surface area contributed by atoms with E-state index in [0.29, 0.717) is 6.54 Å². The van der Waals surface area contributed by atoms with E-state index < -0.39 is 0 Å². The van der Waals surface area contributed by atoms with Crippen molar-refractivity contribution < 1.29 is 0 Å². The first kappa shape index (κ1) is 9.93. The minimum Gasteiger partial charge on any atom is -0.337 e. The molecule has 0 aliphatic rings. The van der Waals surface area contributed by atoms with Crippen molar-refractivity contribution in [3.05, 3.63) is 42.4 Å². The number of nitrogens with zero attached hydrogens (tertiary/aromatic N) is 2. The maximum Gasteiger partial charge on any atom is 0.110 e. The van der Waals surface area contributed by atoms with Crippen LogP contribution in [0.25, 0.3) is 11.3 Å². The van der Waals surface area contributed by atoms with Crippen LogP contribution in [-0.2, 0) is 13.5 Å². The summed E-state index contributed by atoms with van der Waals surface area (Å²) in [6.45, 7) is 0.638. The third-order valence-electron chi connectivity index (χ3n) is 2.41. The molecule has 3 heteroatoms. The molecule has 2 rings (SSSR count). The van der Waals surface area contributed by atoms with Crippen LogP contribution in [0.5, 0.6) is 0 Å². The molecule has 1 aromatic carbocycles. The van der Waals surface area contributed by atoms with Gasteiger partial charge in [-0.1, -0.05) is 30.3 Å². The van der Waals surface area contributed by atoms with E-state index in [9.17, 15) is 0 Å². The van der Waals surface area contributed by atoms with Crippen LogP contribution in [0, 0.1) is 0 Å². The van der Waals surface area contributed by atoms with Crippen molar-refractivity contribution in [3.8, 4) is 11.3 Å². The lowest BCUT2D eigenvalue weighted by atomic mass is 10.2. The van der Waals surface area contributed by atoms with E-state index in [0.717, 1.165) is 23.5 Å². The smallest absolute Gasteiger partial charge is 0.110 e. The molecule has 0 aliphatic heterocycles. The second kappa shape index (κ2) is 4.28. The molecule has 0 saturated carbocycles. The molecule has 3 nitrogen and oxygen atoms in total. The first-order chi connectivity index (χ1) is 7.31. The van der Waals surface area contributed by atoms with Crippen molar-refractivity contribution in [2.24, 2.45) is 12.8 Å². The number of imidazole rings is 1. The normalized spacial score (nSPS) is 10.5. The number of aromatic nitrogens is 2. The number of benzene rings is 1. The number of aryl methyl sites for hydroxylation is 1. The Hall–Kier alpha value is -1.61. The maximum atomic E-state index is 5.52. The summed E-state index contributed by atoms with van der Waals surface area (Å²) in [4.78, 5) is 4.55. The van der Waals surface area contributed by atoms with Crippen LogP contribution in [0.15, 0.2) is 36.5 Å². The van der Waals surface area contributed by atoms with E-state index in [4.69, 9.17) is 5.73 Å². The highest BCUT2D eigenvalue weighted by Crippen LogP contribution is 2.17. The summed E-state index contributed by atoms with van der Waals surface area (Å²) in [5.74, 6) is 1.04. The van der Waals surface area contributed by atoms with Gasteiger partial charge in [0.25, 0.3) is 0 Å². The van der Waals surface area contributed by atoms with Gasteiger partial charge in [-0.3, -0.25) is 0 Å². The van der Waals surface area contributed by atoms with Crippen molar-refractivity contribution in [2.45, 2.75) is 6.42 Å². The summed E-state index contributed by atoms with van der Waals surface area (Å²) in [6, 6.07) is 10.2. The summed E-state index contributed by atoms with van der Waals surface area (Å²) < 4.78 is 2.04. The van der Waals surface area contributed by atoms with Crippen molar-refractivity contribution in [1.29, 1.82) is 0 Å². The average molecular weight is 201 g/mol. The molecule has 0 amide bonds. The van der Waals surface area contributed by atoms with E-state index in [1.807, 2.05) is 36.0 Å². The molecule has 0 spiro atoms. The van der Waals surface area contributed by atoms with Gasteiger partial charge in [0.1, 0.15) is 5.82 Å². The highest BCUT2D eigenvalue weighted by molar-refractivity contribution is 5.58. The lowest BCUT2D eigenvalue weighted by molar-refractivity contribution is 0.778. The molecule has 0 bridgehead atoms. The van der Waals surface area contributed by atoms with Crippen LogP contribution in [0.1, 0.15) is 5.82 Å². The third-order valence-corrected chi connectivity index (χ3v) is 2.41. The molecule has 1 heterocycles. The second-order valence-electron chi connectivity index (χ2n) is 3.56. The lowest BCUT2D eigenvalue weighted by Gasteiger charge is -1.96. The molecule has 1 aromatic heterocycles. The summed E-state index contributed by atoms with van der Waals surface area (Å²) in [5, 5.41) is 0. The van der Waals surface area contributed by atoms with Gasteiger partial charge >= 0.3 is 0 Å². The fourth-order valence-corrected chi connectivity index (χ4v) is 1.61. The number of nitrogens with two attached hydrogens (primary N) is 1. The van der Waals surface area contributed by atoms with Crippen LogP contribution in [-0.4, -0.2) is 16.1 Å². The van der Waals surface area contributed by atoms with Gasteiger partial charge in [0, 0.05) is 25.2 Å². The van der Waals surface area contributed by atoms with E-state index >= 15 is 0 Å². The number of hydrogen-bond acceptors (Lipinski definition) is 2. The zero-order chi connectivity index (χ0) is 10.7. The minimum atomic E-state index is 0.638. The Labute approximate surface area is 89.6 Å². The Kier molecular flexibility index (Phi) is 2.83. The molecule has 0 saturated heterocycles. The van der Waals surface area contributed by atoms with Crippen molar-refractivity contribution in [3.63, 3.8) is 0 Å². The predicted molar refractivity (Wildman–Crippen MR) is 61.4 cm³/mol. The summed E-state index contributed by atoms with van der Waals surface area (Å²) >= 11 is 0. The zero-order valence-electron chi connectivity index (χ0n) is 8.85. The third kappa shape index (κ3) is 2.07. The Morgan fingerprint density at radius 1 is 1.27 bits per heavy atom. The Balaban J connectivity index is 2.34. The first-order valence-corrected chi connectivity index (χ1v) is 5.09. The quantitative estimate of drug-likeness (QED) is 0.819. The molecule has 2 N–H and O–H groups in total. The Morgan fingerprint density at radius 2 is 2.00 bits per heavy atom. The molecular weight excluding hydrogens is 186 g/mol. The standard InChI is InChI=1S/C12H15N3/c1-15-9-11(14-12(15)7-8-13)10-5-3-2-4-6-10/h2-6,9H,7-8,13H2,1H3. The van der Waals surface area contributed by atoms with Crippen LogP contribution < -0.4 is 5.73 Å². The maximum absolute atomic E-state index is 5.52. The van der Waals surface area contributed by atoms with E-state index in [1.165, 1.54) is 0 Å². The monoisotopic (exact) mass is 201 g/mol. The second-order valence-corrected chi connectivity index (χ2v) is 3.56. The van der Waals surface area contributed by atoms with Crippen LogP contribution >= 0.6 is 0 Å². The molecule has 15 heavy (non-hydrogen) atoms. The van der Waals surface area contributed by atoms with E-state index in [1.54, 1.807) is 0 Å². The van der Waals surface area contributed by atoms with E-state index in [2.05, 4.69) is 17.1 Å². The van der Waals surface area contributed by atoms with Gasteiger partial charge in [-0.05, 0) is 6.54 Å². The molecule has 2 aromatic rings. The number of hydrogen-bond donors (Lipinski definition) is 1. The van der Waals surface area contributed by atoms with Gasteiger partial charge in [0.15, 0.2) is 0 Å². The molecule has 0 aliphatic carbocycles. The SMILES string of the molecule is Cn1cc(-c2ccccc2)nc1CCN. The van der Waals surface area contributed by atoms with Gasteiger partial charge in [-0.25, -0.2) is 4.98 Å². The first-order valence-electron chi connectivity index (χ1n) is 5.09. The highest BCUT2D eigenvalue weighted by Gasteiger charge is 2.05. The highest BCUT2D eigenvalue weighted by atomic mass is 15.0. The molecule has 78 valence electrons. The molecule has 0 unspecified atom stereocenters. The van der Waals surface area contributed by atoms with Crippen molar-refractivity contribution >= 4 is 0 Å². The van der Waals surface area contributed by atoms with Gasteiger partial charge < -0.3 is 10.3 Å². The molecule has 0 radical (unpaired) electrons. The zero-order valence-corrected chi connectivity index (χ0v) is 8.85. The van der Waals surface area contributed by atoms with Crippen molar-refractivity contribution in [1.82, 2.24) is 9.55 Å². The van der Waals surface area contributed by atoms with Crippen LogP contribution in [0.4, 0.5) is 0 Å². The topological polar surface area (TPSA) is 43.8 Å². The molecular formula is C12H15N3. The Bertz CT molecular complexity index is 431.